The third-order valence-electron chi connectivity index (χ3n) is 6.64. The van der Waals surface area contributed by atoms with E-state index < -0.39 is 11.6 Å². The molecule has 228 valence electrons. The molecule has 0 bridgehead atoms. The minimum atomic E-state index is -0.490. The standard InChI is InChI=1S/2C16H32O3/c1-5-6-7-8-9-10-11-12-13-14-15(17)18-19-16(2,3)4;1-5-6-7-8-9-10-11-12-13-14(15(17)19-18)16(2,3)4/h5-14H2,1-4H3;14,18H,5-13H2,1-4H3. The molecule has 0 aliphatic rings. The normalized spacial score (nSPS) is 12.4. The van der Waals surface area contributed by atoms with Crippen LogP contribution < -0.4 is 0 Å². The lowest BCUT2D eigenvalue weighted by Crippen LogP contribution is -2.29. The quantitative estimate of drug-likeness (QED) is 0.0879. The molecule has 0 aromatic carbocycles. The predicted octanol–water partition coefficient (Wildman–Crippen LogP) is 10.4. The Bertz CT molecular complexity index is 547. The molecule has 0 fully saturated rings. The summed E-state index contributed by atoms with van der Waals surface area (Å²) in [5.74, 6) is -0.953. The number of hydrogen-bond acceptors (Lipinski definition) is 6. The molecule has 0 saturated heterocycles. The van der Waals surface area contributed by atoms with E-state index in [0.717, 1.165) is 32.1 Å². The van der Waals surface area contributed by atoms with Gasteiger partial charge in [0.25, 0.3) is 0 Å². The van der Waals surface area contributed by atoms with Crippen LogP contribution in [0.5, 0.6) is 0 Å². The number of carbonyl (C=O) groups excluding carboxylic acids is 2. The molecule has 1 unspecified atom stereocenters. The molecule has 6 heteroatoms. The Hall–Kier alpha value is -1.14. The Morgan fingerprint density at radius 1 is 0.632 bits per heavy atom. The lowest BCUT2D eigenvalue weighted by Gasteiger charge is -2.27. The van der Waals surface area contributed by atoms with E-state index in [4.69, 9.17) is 15.0 Å². The van der Waals surface area contributed by atoms with Crippen molar-refractivity contribution >= 4 is 11.9 Å². The van der Waals surface area contributed by atoms with Gasteiger partial charge in [-0.25, -0.2) is 9.59 Å². The summed E-state index contributed by atoms with van der Waals surface area (Å²) in [6.07, 6.45) is 22.6. The molecule has 1 atom stereocenters. The van der Waals surface area contributed by atoms with E-state index in [0.29, 0.717) is 6.42 Å². The second kappa shape index (κ2) is 24.9. The van der Waals surface area contributed by atoms with Crippen LogP contribution in [0.4, 0.5) is 0 Å². The van der Waals surface area contributed by atoms with Crippen molar-refractivity contribution in [2.45, 2.75) is 183 Å². The molecular weight excluding hydrogens is 480 g/mol. The number of rotatable bonds is 21. The van der Waals surface area contributed by atoms with E-state index in [1.165, 1.54) is 83.5 Å². The second-order valence-corrected chi connectivity index (χ2v) is 12.8. The van der Waals surface area contributed by atoms with Crippen LogP contribution in [0.2, 0.25) is 0 Å². The minimum absolute atomic E-state index is 0.152. The lowest BCUT2D eigenvalue weighted by molar-refractivity contribution is -0.320. The van der Waals surface area contributed by atoms with E-state index in [1.807, 2.05) is 41.5 Å². The molecule has 0 rings (SSSR count). The molecule has 6 nitrogen and oxygen atoms in total. The molecule has 1 N–H and O–H groups in total. The summed E-state index contributed by atoms with van der Waals surface area (Å²) in [6, 6.07) is 0. The average Bonchev–Trinajstić information content (AvgIpc) is 2.84. The summed E-state index contributed by atoms with van der Waals surface area (Å²) in [7, 11) is 0. The number of carbonyl (C=O) groups is 2. The predicted molar refractivity (Wildman–Crippen MR) is 158 cm³/mol. The van der Waals surface area contributed by atoms with E-state index in [1.54, 1.807) is 0 Å². The van der Waals surface area contributed by atoms with Gasteiger partial charge in [-0.3, -0.25) is 4.89 Å². The van der Waals surface area contributed by atoms with Gasteiger partial charge < -0.3 is 4.89 Å². The Morgan fingerprint density at radius 2 is 1.03 bits per heavy atom. The fourth-order valence-corrected chi connectivity index (χ4v) is 4.24. The van der Waals surface area contributed by atoms with Gasteiger partial charge in [-0.1, -0.05) is 137 Å². The summed E-state index contributed by atoms with van der Waals surface area (Å²) in [6.45, 7) is 16.1. The Kier molecular flexibility index (Phi) is 25.5. The van der Waals surface area contributed by atoms with Crippen LogP contribution in [-0.4, -0.2) is 22.8 Å². The van der Waals surface area contributed by atoms with Gasteiger partial charge in [0, 0.05) is 6.42 Å². The van der Waals surface area contributed by atoms with Crippen LogP contribution in [0.25, 0.3) is 0 Å². The fraction of sp³-hybridized carbons (Fsp3) is 0.938. The largest absolute Gasteiger partial charge is 0.345 e. The highest BCUT2D eigenvalue weighted by molar-refractivity contribution is 5.72. The van der Waals surface area contributed by atoms with Gasteiger partial charge in [0.15, 0.2) is 0 Å². The summed E-state index contributed by atoms with van der Waals surface area (Å²) in [4.78, 5) is 36.5. The summed E-state index contributed by atoms with van der Waals surface area (Å²) < 4.78 is 0. The third kappa shape index (κ3) is 27.9. The smallest absolute Gasteiger partial charge is 0.301 e. The van der Waals surface area contributed by atoms with E-state index in [-0.39, 0.29) is 17.3 Å². The van der Waals surface area contributed by atoms with Crippen LogP contribution in [0, 0.1) is 11.3 Å². The molecule has 38 heavy (non-hydrogen) atoms. The summed E-state index contributed by atoms with van der Waals surface area (Å²) in [5, 5.41) is 8.54. The highest BCUT2D eigenvalue weighted by atomic mass is 17.2. The van der Waals surface area contributed by atoms with Gasteiger partial charge in [0.05, 0.1) is 5.92 Å². The molecule has 0 aliphatic heterocycles. The van der Waals surface area contributed by atoms with E-state index in [2.05, 4.69) is 18.7 Å². The Labute approximate surface area is 235 Å². The third-order valence-corrected chi connectivity index (χ3v) is 6.64. The van der Waals surface area contributed by atoms with Crippen LogP contribution in [0.3, 0.4) is 0 Å². The molecule has 0 aromatic heterocycles. The Balaban J connectivity index is 0. The monoisotopic (exact) mass is 544 g/mol. The first kappa shape index (κ1) is 39.0. The maximum atomic E-state index is 11.5. The maximum absolute atomic E-state index is 11.5. The van der Waals surface area contributed by atoms with Crippen molar-refractivity contribution in [3.05, 3.63) is 0 Å². The molecule has 0 amide bonds. The SMILES string of the molecule is CCCCCCCCCCC(C(=O)OO)C(C)(C)C.CCCCCCCCCCCC(=O)OOC(C)(C)C. The highest BCUT2D eigenvalue weighted by Crippen LogP contribution is 2.31. The zero-order valence-corrected chi connectivity index (χ0v) is 26.5. The van der Waals surface area contributed by atoms with Crippen molar-refractivity contribution in [2.75, 3.05) is 0 Å². The van der Waals surface area contributed by atoms with Crippen molar-refractivity contribution in [1.82, 2.24) is 0 Å². The van der Waals surface area contributed by atoms with Crippen molar-refractivity contribution in [3.8, 4) is 0 Å². The summed E-state index contributed by atoms with van der Waals surface area (Å²) >= 11 is 0. The van der Waals surface area contributed by atoms with Gasteiger partial charge >= 0.3 is 11.9 Å². The van der Waals surface area contributed by atoms with Crippen LogP contribution >= 0.6 is 0 Å². The first-order valence-electron chi connectivity index (χ1n) is 15.6. The van der Waals surface area contributed by atoms with Gasteiger partial charge in [0.2, 0.25) is 0 Å². The van der Waals surface area contributed by atoms with Crippen LogP contribution in [0.1, 0.15) is 177 Å². The van der Waals surface area contributed by atoms with Crippen LogP contribution in [-0.2, 0) is 24.3 Å². The molecule has 0 aliphatic carbocycles. The van der Waals surface area contributed by atoms with Gasteiger partial charge in [0.1, 0.15) is 5.60 Å². The van der Waals surface area contributed by atoms with Crippen LogP contribution in [0.15, 0.2) is 0 Å². The van der Waals surface area contributed by atoms with Gasteiger partial charge in [-0.05, 0) is 39.0 Å². The number of unbranched alkanes of at least 4 members (excludes halogenated alkanes) is 15. The number of hydrogen-bond donors (Lipinski definition) is 1. The fourth-order valence-electron chi connectivity index (χ4n) is 4.24. The zero-order valence-electron chi connectivity index (χ0n) is 26.5. The lowest BCUT2D eigenvalue weighted by atomic mass is 9.78. The van der Waals surface area contributed by atoms with Crippen molar-refractivity contribution < 1.29 is 29.5 Å². The molecule has 0 saturated carbocycles. The van der Waals surface area contributed by atoms with Crippen molar-refractivity contribution in [3.63, 3.8) is 0 Å². The zero-order chi connectivity index (χ0) is 29.3. The Morgan fingerprint density at radius 3 is 1.39 bits per heavy atom. The van der Waals surface area contributed by atoms with E-state index in [9.17, 15) is 9.59 Å². The topological polar surface area (TPSA) is 82.1 Å². The molecule has 0 spiro atoms. The average molecular weight is 545 g/mol. The first-order chi connectivity index (χ1) is 17.9. The second-order valence-electron chi connectivity index (χ2n) is 12.8. The molecule has 0 radical (unpaired) electrons. The molecule has 0 aromatic rings. The van der Waals surface area contributed by atoms with Crippen molar-refractivity contribution in [2.24, 2.45) is 11.3 Å². The van der Waals surface area contributed by atoms with E-state index >= 15 is 0 Å². The minimum Gasteiger partial charge on any atom is -0.301 e. The maximum Gasteiger partial charge on any atom is 0.345 e. The van der Waals surface area contributed by atoms with Crippen molar-refractivity contribution in [1.29, 1.82) is 0 Å². The van der Waals surface area contributed by atoms with Gasteiger partial charge in [-0.2, -0.15) is 10.1 Å². The highest BCUT2D eigenvalue weighted by Gasteiger charge is 2.32. The molecular formula is C32H64O6. The summed E-state index contributed by atoms with van der Waals surface area (Å²) in [5.41, 5.74) is -0.574. The first-order valence-corrected chi connectivity index (χ1v) is 15.6. The van der Waals surface area contributed by atoms with Gasteiger partial charge in [-0.15, -0.1) is 0 Å². The molecule has 0 heterocycles.